The summed E-state index contributed by atoms with van der Waals surface area (Å²) in [7, 11) is 0. The van der Waals surface area contributed by atoms with Gasteiger partial charge in [0.05, 0.1) is 0 Å². The normalized spacial score (nSPS) is 24.0. The van der Waals surface area contributed by atoms with Gasteiger partial charge in [0.15, 0.2) is 6.17 Å². The maximum Gasteiger partial charge on any atom is 0.257 e. The molecule has 1 amide bonds. The highest BCUT2D eigenvalue weighted by molar-refractivity contribution is 7.98. The van der Waals surface area contributed by atoms with E-state index in [2.05, 4.69) is 9.88 Å². The summed E-state index contributed by atoms with van der Waals surface area (Å²) in [6.45, 7) is 6.57. The van der Waals surface area contributed by atoms with Crippen LogP contribution in [-0.4, -0.2) is 53.4 Å². The molecule has 1 aromatic rings. The lowest BCUT2D eigenvalue weighted by Crippen LogP contribution is -2.60. The number of hydrogen-bond donors (Lipinski definition) is 0. The Kier molecular flexibility index (Phi) is 5.08. The Morgan fingerprint density at radius 3 is 2.43 bits per heavy atom. The number of pyridine rings is 1. The van der Waals surface area contributed by atoms with Gasteiger partial charge in [-0.1, -0.05) is 0 Å². The van der Waals surface area contributed by atoms with Gasteiger partial charge in [0.25, 0.3) is 5.91 Å². The Bertz CT molecular complexity index is 482. The average Bonchev–Trinajstić information content (AvgIpc) is 2.46. The molecule has 1 aromatic heterocycles. The van der Waals surface area contributed by atoms with Gasteiger partial charge in [-0.05, 0) is 39.2 Å². The molecule has 0 saturated carbocycles. The molecule has 1 aliphatic rings. The van der Waals surface area contributed by atoms with E-state index in [1.165, 1.54) is 6.92 Å². The highest BCUT2D eigenvalue weighted by Gasteiger charge is 2.35. The zero-order valence-corrected chi connectivity index (χ0v) is 13.7. The molecule has 0 bridgehead atoms. The number of carbonyl (C=O) groups is 1. The maximum absolute atomic E-state index is 13.3. The quantitative estimate of drug-likeness (QED) is 0.804. The topological polar surface area (TPSA) is 36.4 Å². The number of anilines is 1. The van der Waals surface area contributed by atoms with Gasteiger partial charge in [0.2, 0.25) is 0 Å². The minimum absolute atomic E-state index is 0.0264. The summed E-state index contributed by atoms with van der Waals surface area (Å²) in [5, 5.41) is 0. The van der Waals surface area contributed by atoms with Crippen molar-refractivity contribution in [1.29, 1.82) is 0 Å². The summed E-state index contributed by atoms with van der Waals surface area (Å²) >= 11 is 1.66. The molecule has 0 spiro atoms. The van der Waals surface area contributed by atoms with Gasteiger partial charge >= 0.3 is 0 Å². The summed E-state index contributed by atoms with van der Waals surface area (Å²) in [5.74, 6) is 0.493. The molecular formula is C15H22FN3OS. The standard InChI is InChI=1S/C15H22FN3OS/c1-10-8-18(14-6-5-13(21-4)7-17-14)9-11(2)19(10)15(20)12(3)16/h5-7,10-12H,8-9H2,1-4H3. The summed E-state index contributed by atoms with van der Waals surface area (Å²) in [4.78, 5) is 21.4. The van der Waals surface area contributed by atoms with E-state index in [0.29, 0.717) is 13.1 Å². The molecule has 116 valence electrons. The number of hydrogen-bond acceptors (Lipinski definition) is 4. The molecule has 0 N–H and O–H groups in total. The second-order valence-corrected chi connectivity index (χ2v) is 6.40. The number of halogens is 1. The van der Waals surface area contributed by atoms with Gasteiger partial charge in [-0.3, -0.25) is 4.79 Å². The number of alkyl halides is 1. The SMILES string of the molecule is CSc1ccc(N2CC(C)N(C(=O)C(C)F)C(C)C2)nc1. The van der Waals surface area contributed by atoms with Gasteiger partial charge in [0.1, 0.15) is 5.82 Å². The first kappa shape index (κ1) is 16.1. The summed E-state index contributed by atoms with van der Waals surface area (Å²) in [6, 6.07) is 3.99. The second-order valence-electron chi connectivity index (χ2n) is 5.52. The van der Waals surface area contributed by atoms with Gasteiger partial charge in [-0.25, -0.2) is 9.37 Å². The lowest BCUT2D eigenvalue weighted by atomic mass is 10.1. The van der Waals surface area contributed by atoms with Gasteiger partial charge in [-0.2, -0.15) is 0 Å². The van der Waals surface area contributed by atoms with E-state index < -0.39 is 12.1 Å². The number of nitrogens with zero attached hydrogens (tertiary/aromatic N) is 3. The van der Waals surface area contributed by atoms with Crippen LogP contribution in [-0.2, 0) is 4.79 Å². The van der Waals surface area contributed by atoms with Gasteiger partial charge in [-0.15, -0.1) is 11.8 Å². The number of aromatic nitrogens is 1. The van der Waals surface area contributed by atoms with Crippen LogP contribution in [0, 0.1) is 0 Å². The first-order valence-corrected chi connectivity index (χ1v) is 8.37. The first-order chi connectivity index (χ1) is 9.93. The van der Waals surface area contributed by atoms with Crippen LogP contribution in [0.2, 0.25) is 0 Å². The predicted molar refractivity (Wildman–Crippen MR) is 84.6 cm³/mol. The van der Waals surface area contributed by atoms with Crippen molar-refractivity contribution >= 4 is 23.5 Å². The highest BCUT2D eigenvalue weighted by Crippen LogP contribution is 2.23. The molecule has 4 nitrogen and oxygen atoms in total. The van der Waals surface area contributed by atoms with Crippen LogP contribution in [0.4, 0.5) is 10.2 Å². The zero-order chi connectivity index (χ0) is 15.6. The molecule has 1 aliphatic heterocycles. The number of piperazine rings is 1. The fourth-order valence-electron chi connectivity index (χ4n) is 2.83. The van der Waals surface area contributed by atoms with Crippen LogP contribution in [0.15, 0.2) is 23.2 Å². The molecule has 6 heteroatoms. The minimum atomic E-state index is -1.44. The molecule has 1 fully saturated rings. The Labute approximate surface area is 129 Å². The third-order valence-electron chi connectivity index (χ3n) is 3.79. The average molecular weight is 311 g/mol. The van der Waals surface area contributed by atoms with Crippen LogP contribution in [0.1, 0.15) is 20.8 Å². The van der Waals surface area contributed by atoms with E-state index in [9.17, 15) is 9.18 Å². The maximum atomic E-state index is 13.3. The zero-order valence-electron chi connectivity index (χ0n) is 12.9. The third kappa shape index (κ3) is 3.48. The van der Waals surface area contributed by atoms with E-state index in [0.717, 1.165) is 10.7 Å². The molecule has 0 aliphatic carbocycles. The van der Waals surface area contributed by atoms with Crippen LogP contribution in [0.5, 0.6) is 0 Å². The van der Waals surface area contributed by atoms with Crippen molar-refractivity contribution in [2.45, 2.75) is 43.9 Å². The number of carbonyl (C=O) groups excluding carboxylic acids is 1. The van der Waals surface area contributed by atoms with Crippen molar-refractivity contribution < 1.29 is 9.18 Å². The Morgan fingerprint density at radius 1 is 1.38 bits per heavy atom. The lowest BCUT2D eigenvalue weighted by molar-refractivity contribution is -0.140. The summed E-state index contributed by atoms with van der Waals surface area (Å²) < 4.78 is 13.3. The van der Waals surface area contributed by atoms with Crippen LogP contribution in [0.3, 0.4) is 0 Å². The molecule has 2 rings (SSSR count). The molecule has 2 heterocycles. The first-order valence-electron chi connectivity index (χ1n) is 7.15. The summed E-state index contributed by atoms with van der Waals surface area (Å²) in [5.41, 5.74) is 0. The number of rotatable bonds is 3. The molecule has 3 atom stereocenters. The van der Waals surface area contributed by atoms with Gasteiger partial charge in [0, 0.05) is 36.3 Å². The van der Waals surface area contributed by atoms with Crippen LogP contribution < -0.4 is 4.90 Å². The number of amides is 1. The molecule has 0 radical (unpaired) electrons. The predicted octanol–water partition coefficient (Wildman–Crippen LogP) is 2.59. The van der Waals surface area contributed by atoms with Crippen molar-refractivity contribution in [3.8, 4) is 0 Å². The third-order valence-corrected chi connectivity index (χ3v) is 4.51. The van der Waals surface area contributed by atoms with Gasteiger partial charge < -0.3 is 9.80 Å². The highest BCUT2D eigenvalue weighted by atomic mass is 32.2. The monoisotopic (exact) mass is 311 g/mol. The van der Waals surface area contributed by atoms with E-state index in [1.54, 1.807) is 16.7 Å². The Hall–Kier alpha value is -1.30. The van der Waals surface area contributed by atoms with Crippen LogP contribution >= 0.6 is 11.8 Å². The molecule has 3 unspecified atom stereocenters. The molecule has 0 aromatic carbocycles. The van der Waals surface area contributed by atoms with Crippen molar-refractivity contribution in [2.24, 2.45) is 0 Å². The van der Waals surface area contributed by atoms with E-state index in [-0.39, 0.29) is 12.1 Å². The Balaban J connectivity index is 2.11. The van der Waals surface area contributed by atoms with E-state index >= 15 is 0 Å². The molecular weight excluding hydrogens is 289 g/mol. The van der Waals surface area contributed by atoms with Crippen molar-refractivity contribution in [3.05, 3.63) is 18.3 Å². The lowest BCUT2D eigenvalue weighted by Gasteiger charge is -2.45. The minimum Gasteiger partial charge on any atom is -0.353 e. The Morgan fingerprint density at radius 2 is 2.00 bits per heavy atom. The van der Waals surface area contributed by atoms with E-state index in [4.69, 9.17) is 0 Å². The van der Waals surface area contributed by atoms with E-state index in [1.807, 2.05) is 38.4 Å². The van der Waals surface area contributed by atoms with Crippen molar-refractivity contribution in [3.63, 3.8) is 0 Å². The number of thioether (sulfide) groups is 1. The fourth-order valence-corrected chi connectivity index (χ4v) is 3.19. The second kappa shape index (κ2) is 6.64. The van der Waals surface area contributed by atoms with Crippen molar-refractivity contribution in [1.82, 2.24) is 9.88 Å². The molecule has 21 heavy (non-hydrogen) atoms. The van der Waals surface area contributed by atoms with Crippen LogP contribution in [0.25, 0.3) is 0 Å². The summed E-state index contributed by atoms with van der Waals surface area (Å²) in [6.07, 6.45) is 2.43. The fraction of sp³-hybridized carbons (Fsp3) is 0.600. The van der Waals surface area contributed by atoms with Crippen molar-refractivity contribution in [2.75, 3.05) is 24.2 Å². The molecule has 1 saturated heterocycles. The largest absolute Gasteiger partial charge is 0.353 e. The smallest absolute Gasteiger partial charge is 0.257 e.